The molecule has 2 heterocycles. The second kappa shape index (κ2) is 11.6. The normalized spacial score (nSPS) is 16.6. The van der Waals surface area contributed by atoms with E-state index in [0.717, 1.165) is 43.9 Å². The maximum absolute atomic E-state index is 11.6. The summed E-state index contributed by atoms with van der Waals surface area (Å²) in [6, 6.07) is 3.99. The van der Waals surface area contributed by atoms with Gasteiger partial charge in [-0.25, -0.2) is 4.98 Å². The minimum Gasteiger partial charge on any atom is -0.475 e. The van der Waals surface area contributed by atoms with Crippen molar-refractivity contribution in [3.8, 4) is 5.88 Å². The van der Waals surface area contributed by atoms with Gasteiger partial charge in [-0.2, -0.15) is 0 Å². The van der Waals surface area contributed by atoms with Crippen molar-refractivity contribution < 1.29 is 9.53 Å². The van der Waals surface area contributed by atoms with Gasteiger partial charge in [0.15, 0.2) is 5.96 Å². The van der Waals surface area contributed by atoms with E-state index in [-0.39, 0.29) is 12.0 Å². The molecule has 0 radical (unpaired) electrons. The summed E-state index contributed by atoms with van der Waals surface area (Å²) in [4.78, 5) is 22.6. The number of amides is 1. The Balaban J connectivity index is 1.84. The van der Waals surface area contributed by atoms with Crippen molar-refractivity contribution in [2.45, 2.75) is 59.1 Å². The van der Waals surface area contributed by atoms with E-state index < -0.39 is 0 Å². The van der Waals surface area contributed by atoms with Gasteiger partial charge in [0.2, 0.25) is 11.8 Å². The molecule has 0 spiro atoms. The van der Waals surface area contributed by atoms with E-state index in [1.165, 1.54) is 0 Å². The summed E-state index contributed by atoms with van der Waals surface area (Å²) in [6.07, 6.45) is 5.58. The van der Waals surface area contributed by atoms with Crippen molar-refractivity contribution >= 4 is 11.9 Å². The van der Waals surface area contributed by atoms with Gasteiger partial charge < -0.3 is 20.3 Å². The zero-order valence-corrected chi connectivity index (χ0v) is 18.6. The highest BCUT2D eigenvalue weighted by Crippen LogP contribution is 2.20. The van der Waals surface area contributed by atoms with E-state index >= 15 is 0 Å². The summed E-state index contributed by atoms with van der Waals surface area (Å²) in [5, 5.41) is 6.17. The zero-order chi connectivity index (χ0) is 21.2. The number of aliphatic imine (C=N–C) groups is 1. The van der Waals surface area contributed by atoms with Gasteiger partial charge in [-0.15, -0.1) is 0 Å². The van der Waals surface area contributed by atoms with Gasteiger partial charge in [0.1, 0.15) is 0 Å². The van der Waals surface area contributed by atoms with Crippen LogP contribution >= 0.6 is 0 Å². The summed E-state index contributed by atoms with van der Waals surface area (Å²) in [5.74, 6) is 2.75. The van der Waals surface area contributed by atoms with Crippen molar-refractivity contribution in [1.82, 2.24) is 20.5 Å². The van der Waals surface area contributed by atoms with E-state index in [1.54, 1.807) is 13.2 Å². The lowest BCUT2D eigenvalue weighted by Crippen LogP contribution is -2.45. The van der Waals surface area contributed by atoms with Crippen molar-refractivity contribution in [2.24, 2.45) is 16.8 Å². The molecule has 1 fully saturated rings. The molecule has 29 heavy (non-hydrogen) atoms. The molecule has 1 unspecified atom stereocenters. The topological polar surface area (TPSA) is 78.9 Å². The average molecular weight is 404 g/mol. The molecule has 0 aliphatic carbocycles. The molecule has 0 saturated carbocycles. The largest absolute Gasteiger partial charge is 0.475 e. The second-order valence-electron chi connectivity index (χ2n) is 8.27. The predicted molar refractivity (Wildman–Crippen MR) is 117 cm³/mol. The lowest BCUT2D eigenvalue weighted by atomic mass is 9.93. The van der Waals surface area contributed by atoms with Gasteiger partial charge in [-0.3, -0.25) is 9.79 Å². The molecule has 1 aromatic heterocycles. The highest BCUT2D eigenvalue weighted by Gasteiger charge is 2.23. The highest BCUT2D eigenvalue weighted by atomic mass is 16.5. The Kier molecular flexibility index (Phi) is 9.22. The number of likely N-dealkylation sites (tertiary alicyclic amines) is 1. The molecular weight excluding hydrogens is 366 g/mol. The number of rotatable bonds is 8. The van der Waals surface area contributed by atoms with Crippen LogP contribution in [0.1, 0.15) is 52.0 Å². The van der Waals surface area contributed by atoms with Crippen LogP contribution in [0.2, 0.25) is 0 Å². The number of aromatic nitrogens is 1. The number of piperidine rings is 1. The number of carbonyl (C=O) groups is 1. The van der Waals surface area contributed by atoms with Crippen LogP contribution in [-0.4, -0.2) is 55.0 Å². The fourth-order valence-corrected chi connectivity index (χ4v) is 3.77. The van der Waals surface area contributed by atoms with Crippen LogP contribution in [-0.2, 0) is 11.3 Å². The maximum Gasteiger partial charge on any atom is 0.220 e. The Bertz CT molecular complexity index is 669. The number of nitrogens with zero attached hydrogens (tertiary/aromatic N) is 3. The first-order valence-corrected chi connectivity index (χ1v) is 10.7. The van der Waals surface area contributed by atoms with Crippen LogP contribution < -0.4 is 15.4 Å². The quantitative estimate of drug-likeness (QED) is 0.515. The number of hydrogen-bond acceptors (Lipinski definition) is 4. The van der Waals surface area contributed by atoms with E-state index in [9.17, 15) is 4.79 Å². The molecule has 1 atom stereocenters. The molecule has 1 aliphatic heterocycles. The third-order valence-corrected chi connectivity index (χ3v) is 5.25. The summed E-state index contributed by atoms with van der Waals surface area (Å²) in [7, 11) is 3.51. The van der Waals surface area contributed by atoms with Gasteiger partial charge in [0, 0.05) is 52.4 Å². The summed E-state index contributed by atoms with van der Waals surface area (Å²) >= 11 is 0. The molecule has 0 bridgehead atoms. The molecule has 7 nitrogen and oxygen atoms in total. The SMILES string of the molecule is CN=C(NCc1ccnc(OC(C)CC(C)C)c1)N1CCC(CC(=O)NC)CC1. The molecule has 1 aliphatic rings. The van der Waals surface area contributed by atoms with E-state index in [1.807, 2.05) is 19.2 Å². The maximum atomic E-state index is 11.6. The minimum atomic E-state index is 0.129. The fourth-order valence-electron chi connectivity index (χ4n) is 3.77. The molecule has 2 N–H and O–H groups in total. The Hall–Kier alpha value is -2.31. The first kappa shape index (κ1) is 23.0. The first-order chi connectivity index (χ1) is 13.9. The number of ether oxygens (including phenoxy) is 1. The third-order valence-electron chi connectivity index (χ3n) is 5.25. The second-order valence-corrected chi connectivity index (χ2v) is 8.27. The fraction of sp³-hybridized carbons (Fsp3) is 0.682. The summed E-state index contributed by atoms with van der Waals surface area (Å²) in [5.41, 5.74) is 1.11. The van der Waals surface area contributed by atoms with Gasteiger partial charge >= 0.3 is 0 Å². The van der Waals surface area contributed by atoms with E-state index in [0.29, 0.717) is 30.7 Å². The molecular formula is C22H37N5O2. The Morgan fingerprint density at radius 2 is 2.07 bits per heavy atom. The lowest BCUT2D eigenvalue weighted by Gasteiger charge is -2.34. The molecule has 1 aromatic rings. The lowest BCUT2D eigenvalue weighted by molar-refractivity contribution is -0.121. The average Bonchev–Trinajstić information content (AvgIpc) is 2.69. The first-order valence-electron chi connectivity index (χ1n) is 10.7. The van der Waals surface area contributed by atoms with Gasteiger partial charge in [-0.05, 0) is 49.7 Å². The Morgan fingerprint density at radius 3 is 2.69 bits per heavy atom. The molecule has 1 amide bonds. The number of pyridine rings is 1. The smallest absolute Gasteiger partial charge is 0.220 e. The van der Waals surface area contributed by atoms with Crippen LogP contribution in [0.5, 0.6) is 5.88 Å². The summed E-state index contributed by atoms with van der Waals surface area (Å²) < 4.78 is 5.96. The molecule has 7 heteroatoms. The van der Waals surface area contributed by atoms with Gasteiger partial charge in [-0.1, -0.05) is 13.8 Å². The molecule has 2 rings (SSSR count). The van der Waals surface area contributed by atoms with Crippen molar-refractivity contribution in [1.29, 1.82) is 0 Å². The van der Waals surface area contributed by atoms with Gasteiger partial charge in [0.25, 0.3) is 0 Å². The van der Waals surface area contributed by atoms with E-state index in [2.05, 4.69) is 46.3 Å². The third kappa shape index (κ3) is 7.91. The van der Waals surface area contributed by atoms with Crippen molar-refractivity contribution in [3.63, 3.8) is 0 Å². The number of nitrogens with one attached hydrogen (secondary N) is 2. The van der Waals surface area contributed by atoms with Crippen LogP contribution in [0, 0.1) is 11.8 Å². The highest BCUT2D eigenvalue weighted by molar-refractivity contribution is 5.80. The van der Waals surface area contributed by atoms with Crippen LogP contribution in [0.3, 0.4) is 0 Å². The van der Waals surface area contributed by atoms with E-state index in [4.69, 9.17) is 4.74 Å². The Labute approximate surface area is 175 Å². The monoisotopic (exact) mass is 403 g/mol. The van der Waals surface area contributed by atoms with Crippen molar-refractivity contribution in [2.75, 3.05) is 27.2 Å². The number of guanidine groups is 1. The molecule has 0 aromatic carbocycles. The Morgan fingerprint density at radius 1 is 1.34 bits per heavy atom. The standard InChI is InChI=1S/C22H37N5O2/c1-16(2)12-17(3)29-21-14-19(6-9-25-21)15-26-22(24-5)27-10-7-18(8-11-27)13-20(28)23-4/h6,9,14,16-18H,7-8,10-13,15H2,1-5H3,(H,23,28)(H,24,26). The minimum absolute atomic E-state index is 0.129. The molecule has 162 valence electrons. The molecule has 1 saturated heterocycles. The number of carbonyl (C=O) groups excluding carboxylic acids is 1. The predicted octanol–water partition coefficient (Wildman–Crippen LogP) is 2.82. The van der Waals surface area contributed by atoms with Crippen LogP contribution in [0.15, 0.2) is 23.3 Å². The number of hydrogen-bond donors (Lipinski definition) is 2. The van der Waals surface area contributed by atoms with Crippen molar-refractivity contribution in [3.05, 3.63) is 23.9 Å². The van der Waals surface area contributed by atoms with Crippen LogP contribution in [0.25, 0.3) is 0 Å². The summed E-state index contributed by atoms with van der Waals surface area (Å²) in [6.45, 7) is 8.98. The van der Waals surface area contributed by atoms with Gasteiger partial charge in [0.05, 0.1) is 6.10 Å². The van der Waals surface area contributed by atoms with Crippen LogP contribution in [0.4, 0.5) is 0 Å². The zero-order valence-electron chi connectivity index (χ0n) is 18.6.